The van der Waals surface area contributed by atoms with Gasteiger partial charge in [0.15, 0.2) is 6.61 Å². The average molecular weight is 296 g/mol. The molecule has 0 aromatic heterocycles. The lowest BCUT2D eigenvalue weighted by molar-refractivity contribution is -0.162. The molecule has 0 saturated carbocycles. The zero-order valence-electron chi connectivity index (χ0n) is 11.2. The van der Waals surface area contributed by atoms with Crippen LogP contribution in [0.5, 0.6) is 0 Å². The molecule has 0 aliphatic carbocycles. The molecular weight excluding hydrogens is 277 g/mol. The fourth-order valence-electron chi connectivity index (χ4n) is 2.57. The van der Waals surface area contributed by atoms with Gasteiger partial charge in [-0.2, -0.15) is 13.2 Å². The molecule has 20 heavy (non-hydrogen) atoms. The van der Waals surface area contributed by atoms with E-state index >= 15 is 0 Å². The zero-order chi connectivity index (χ0) is 14.6. The maximum absolute atomic E-state index is 12.1. The van der Waals surface area contributed by atoms with E-state index < -0.39 is 18.9 Å². The Morgan fingerprint density at radius 2 is 1.95 bits per heavy atom. The molecule has 2 saturated heterocycles. The van der Waals surface area contributed by atoms with Crippen LogP contribution in [0.15, 0.2) is 0 Å². The van der Waals surface area contributed by atoms with Crippen LogP contribution in [0.3, 0.4) is 0 Å². The van der Waals surface area contributed by atoms with Gasteiger partial charge in [0.25, 0.3) is 0 Å². The minimum absolute atomic E-state index is 0.0613. The quantitative estimate of drug-likeness (QED) is 0.791. The summed E-state index contributed by atoms with van der Waals surface area (Å²) in [4.78, 5) is 15.3. The summed E-state index contributed by atoms with van der Waals surface area (Å²) in [7, 11) is 0. The Hall–Kier alpha value is -1.02. The van der Waals surface area contributed by atoms with Crippen LogP contribution in [0.1, 0.15) is 12.8 Å². The van der Waals surface area contributed by atoms with Gasteiger partial charge in [0, 0.05) is 32.2 Å². The maximum Gasteiger partial charge on any atom is 0.422 e. The van der Waals surface area contributed by atoms with Crippen molar-refractivity contribution < 1.29 is 27.4 Å². The van der Waals surface area contributed by atoms with E-state index in [4.69, 9.17) is 4.74 Å². The second-order valence-electron chi connectivity index (χ2n) is 5.07. The number of hydrogen-bond donors (Lipinski definition) is 0. The molecule has 0 radical (unpaired) electrons. The summed E-state index contributed by atoms with van der Waals surface area (Å²) in [6, 6.07) is -0.0613. The normalized spacial score (nSPS) is 24.9. The van der Waals surface area contributed by atoms with Gasteiger partial charge in [0.2, 0.25) is 0 Å². The van der Waals surface area contributed by atoms with Gasteiger partial charge >= 0.3 is 12.3 Å². The van der Waals surface area contributed by atoms with Gasteiger partial charge in [0.1, 0.15) is 0 Å². The van der Waals surface area contributed by atoms with Crippen LogP contribution in [0.25, 0.3) is 0 Å². The second-order valence-corrected chi connectivity index (χ2v) is 5.07. The van der Waals surface area contributed by atoms with Gasteiger partial charge in [-0.05, 0) is 12.8 Å². The lowest BCUT2D eigenvalue weighted by Crippen LogP contribution is -2.47. The molecule has 8 heteroatoms. The molecule has 0 spiro atoms. The third kappa shape index (κ3) is 4.52. The Balaban J connectivity index is 1.81. The molecule has 2 rings (SSSR count). The smallest absolute Gasteiger partial charge is 0.422 e. The van der Waals surface area contributed by atoms with Crippen LogP contribution in [0.4, 0.5) is 18.0 Å². The van der Waals surface area contributed by atoms with Gasteiger partial charge in [0.05, 0.1) is 13.2 Å². The molecule has 0 bridgehead atoms. The minimum atomic E-state index is -4.48. The standard InChI is InChI=1S/C12H19F3N2O3/c13-12(14,15)9-20-11(18)17-3-1-2-10(17)8-16-4-6-19-7-5-16/h10H,1-9H2. The number of halogens is 3. The summed E-state index contributed by atoms with van der Waals surface area (Å²) in [6.45, 7) is 2.52. The number of nitrogens with zero attached hydrogens (tertiary/aromatic N) is 2. The molecule has 0 N–H and O–H groups in total. The van der Waals surface area contributed by atoms with E-state index in [1.165, 1.54) is 4.90 Å². The largest absolute Gasteiger partial charge is 0.440 e. The number of hydrogen-bond acceptors (Lipinski definition) is 4. The van der Waals surface area contributed by atoms with E-state index in [0.717, 1.165) is 25.9 Å². The van der Waals surface area contributed by atoms with Gasteiger partial charge in [-0.25, -0.2) is 4.79 Å². The van der Waals surface area contributed by atoms with Crippen molar-refractivity contribution in [1.29, 1.82) is 0 Å². The lowest BCUT2D eigenvalue weighted by atomic mass is 10.2. The number of alkyl halides is 3. The highest BCUT2D eigenvalue weighted by atomic mass is 19.4. The predicted octanol–water partition coefficient (Wildman–Crippen LogP) is 1.48. The fraction of sp³-hybridized carbons (Fsp3) is 0.917. The van der Waals surface area contributed by atoms with Gasteiger partial charge in [-0.1, -0.05) is 0 Å². The Kier molecular flexibility index (Phi) is 5.09. The van der Waals surface area contributed by atoms with Gasteiger partial charge in [-0.15, -0.1) is 0 Å². The first-order valence-electron chi connectivity index (χ1n) is 6.76. The van der Waals surface area contributed by atoms with Crippen LogP contribution in [-0.4, -0.2) is 74.1 Å². The first kappa shape index (κ1) is 15.4. The van der Waals surface area contributed by atoms with E-state index in [1.54, 1.807) is 0 Å². The van der Waals surface area contributed by atoms with Crippen LogP contribution in [0, 0.1) is 0 Å². The van der Waals surface area contributed by atoms with Crippen LogP contribution < -0.4 is 0 Å². The van der Waals surface area contributed by atoms with Crippen molar-refractivity contribution in [2.75, 3.05) is 46.0 Å². The van der Waals surface area contributed by atoms with Gasteiger partial charge < -0.3 is 14.4 Å². The monoisotopic (exact) mass is 296 g/mol. The highest BCUT2D eigenvalue weighted by molar-refractivity contribution is 5.68. The summed E-state index contributed by atoms with van der Waals surface area (Å²) in [5.74, 6) is 0. The molecule has 2 aliphatic rings. The molecule has 2 fully saturated rings. The third-order valence-corrected chi connectivity index (χ3v) is 3.54. The summed E-state index contributed by atoms with van der Waals surface area (Å²) in [5, 5.41) is 0. The minimum Gasteiger partial charge on any atom is -0.440 e. The summed E-state index contributed by atoms with van der Waals surface area (Å²) >= 11 is 0. The Morgan fingerprint density at radius 3 is 2.60 bits per heavy atom. The fourth-order valence-corrected chi connectivity index (χ4v) is 2.57. The van der Waals surface area contributed by atoms with Gasteiger partial charge in [-0.3, -0.25) is 4.90 Å². The number of carbonyl (C=O) groups is 1. The summed E-state index contributed by atoms with van der Waals surface area (Å²) in [6.07, 6.45) is -3.73. The maximum atomic E-state index is 12.1. The third-order valence-electron chi connectivity index (χ3n) is 3.54. The van der Waals surface area contributed by atoms with E-state index in [-0.39, 0.29) is 6.04 Å². The van der Waals surface area contributed by atoms with Crippen molar-refractivity contribution in [2.24, 2.45) is 0 Å². The molecular formula is C12H19F3N2O3. The molecule has 2 heterocycles. The van der Waals surface area contributed by atoms with E-state index in [9.17, 15) is 18.0 Å². The van der Waals surface area contributed by atoms with E-state index in [0.29, 0.717) is 26.3 Å². The number of carbonyl (C=O) groups excluding carboxylic acids is 1. The molecule has 1 unspecified atom stereocenters. The molecule has 0 aromatic rings. The first-order chi connectivity index (χ1) is 9.46. The highest BCUT2D eigenvalue weighted by Crippen LogP contribution is 2.21. The highest BCUT2D eigenvalue weighted by Gasteiger charge is 2.35. The number of morpholine rings is 1. The Morgan fingerprint density at radius 1 is 1.25 bits per heavy atom. The Labute approximate surface area is 115 Å². The average Bonchev–Trinajstić information content (AvgIpc) is 2.84. The zero-order valence-corrected chi connectivity index (χ0v) is 11.2. The van der Waals surface area contributed by atoms with Crippen LogP contribution in [0.2, 0.25) is 0 Å². The second kappa shape index (κ2) is 6.62. The SMILES string of the molecule is O=C(OCC(F)(F)F)N1CCCC1CN1CCOCC1. The van der Waals surface area contributed by atoms with Crippen molar-refractivity contribution in [1.82, 2.24) is 9.80 Å². The van der Waals surface area contributed by atoms with E-state index in [1.807, 2.05) is 0 Å². The number of rotatable bonds is 3. The summed E-state index contributed by atoms with van der Waals surface area (Å²) in [5.41, 5.74) is 0. The van der Waals surface area contributed by atoms with Crippen molar-refractivity contribution in [3.63, 3.8) is 0 Å². The van der Waals surface area contributed by atoms with Crippen molar-refractivity contribution >= 4 is 6.09 Å². The van der Waals surface area contributed by atoms with Crippen molar-refractivity contribution in [3.05, 3.63) is 0 Å². The van der Waals surface area contributed by atoms with Crippen molar-refractivity contribution in [2.45, 2.75) is 25.1 Å². The first-order valence-corrected chi connectivity index (χ1v) is 6.76. The van der Waals surface area contributed by atoms with E-state index in [2.05, 4.69) is 9.64 Å². The molecule has 1 atom stereocenters. The number of amides is 1. The van der Waals surface area contributed by atoms with Crippen LogP contribution in [-0.2, 0) is 9.47 Å². The molecule has 5 nitrogen and oxygen atoms in total. The molecule has 2 aliphatic heterocycles. The predicted molar refractivity (Wildman–Crippen MR) is 64.4 cm³/mol. The Bertz CT molecular complexity index is 332. The van der Waals surface area contributed by atoms with Crippen molar-refractivity contribution in [3.8, 4) is 0 Å². The number of ether oxygens (including phenoxy) is 2. The topological polar surface area (TPSA) is 42.0 Å². The number of likely N-dealkylation sites (tertiary alicyclic amines) is 1. The lowest BCUT2D eigenvalue weighted by Gasteiger charge is -2.32. The van der Waals surface area contributed by atoms with Crippen LogP contribution >= 0.6 is 0 Å². The summed E-state index contributed by atoms with van der Waals surface area (Å²) < 4.78 is 45.7. The molecule has 0 aromatic carbocycles. The molecule has 116 valence electrons. The molecule has 1 amide bonds.